The Morgan fingerprint density at radius 3 is 2.43 bits per heavy atom. The van der Waals surface area contributed by atoms with Crippen molar-refractivity contribution < 1.29 is 14.3 Å². The molecule has 2 unspecified atom stereocenters. The Kier molecular flexibility index (Phi) is 8.30. The summed E-state index contributed by atoms with van der Waals surface area (Å²) in [6, 6.07) is 15.5. The number of carbonyl (C=O) groups is 1. The first kappa shape index (κ1) is 22.2. The highest BCUT2D eigenvalue weighted by molar-refractivity contribution is 5.85. The van der Waals surface area contributed by atoms with Crippen LogP contribution in [0.3, 0.4) is 0 Å². The van der Waals surface area contributed by atoms with E-state index < -0.39 is 6.04 Å². The number of hydrogen-bond donors (Lipinski definition) is 2. The number of halogens is 1. The number of para-hydroxylation sites is 1. The standard InChI is InChI=1S/C22H28N2O3.ClH/c1-15(24-22(25)21(23)18-11-13-27-14-12-18)16-7-9-17(10-8-16)19-5-3-4-6-20(19)26-2;/h3-10,15,18,21H,11-14,23H2,1-2H3,(H,24,25);1H. The van der Waals surface area contributed by atoms with Crippen LogP contribution < -0.4 is 15.8 Å². The molecule has 1 aliphatic rings. The summed E-state index contributed by atoms with van der Waals surface area (Å²) in [5.74, 6) is 0.941. The van der Waals surface area contributed by atoms with Gasteiger partial charge in [-0.1, -0.05) is 42.5 Å². The molecule has 0 radical (unpaired) electrons. The molecule has 0 aliphatic carbocycles. The van der Waals surface area contributed by atoms with Crippen LogP contribution in [0.4, 0.5) is 0 Å². The molecular formula is C22H29ClN2O3. The predicted molar refractivity (Wildman–Crippen MR) is 114 cm³/mol. The van der Waals surface area contributed by atoms with E-state index in [0.717, 1.165) is 35.3 Å². The van der Waals surface area contributed by atoms with Crippen molar-refractivity contribution >= 4 is 18.3 Å². The number of carbonyl (C=O) groups excluding carboxylic acids is 1. The van der Waals surface area contributed by atoms with Gasteiger partial charge in [-0.2, -0.15) is 0 Å². The van der Waals surface area contributed by atoms with Gasteiger partial charge in [-0.05, 0) is 42.9 Å². The third kappa shape index (κ3) is 5.25. The second-order valence-electron chi connectivity index (χ2n) is 7.03. The van der Waals surface area contributed by atoms with E-state index in [9.17, 15) is 4.79 Å². The maximum absolute atomic E-state index is 12.5. The van der Waals surface area contributed by atoms with E-state index in [4.69, 9.17) is 15.2 Å². The molecule has 1 fully saturated rings. The lowest BCUT2D eigenvalue weighted by Gasteiger charge is -2.28. The summed E-state index contributed by atoms with van der Waals surface area (Å²) >= 11 is 0. The molecule has 2 aromatic rings. The molecule has 1 aliphatic heterocycles. The highest BCUT2D eigenvalue weighted by Gasteiger charge is 2.27. The van der Waals surface area contributed by atoms with Gasteiger partial charge in [0.05, 0.1) is 19.2 Å². The number of ether oxygens (including phenoxy) is 2. The molecule has 1 saturated heterocycles. The van der Waals surface area contributed by atoms with Crippen LogP contribution in [0.1, 0.15) is 31.4 Å². The lowest BCUT2D eigenvalue weighted by atomic mass is 9.91. The van der Waals surface area contributed by atoms with E-state index in [0.29, 0.717) is 13.2 Å². The van der Waals surface area contributed by atoms with Crippen molar-refractivity contribution in [2.75, 3.05) is 20.3 Å². The van der Waals surface area contributed by atoms with Crippen LogP contribution in [0, 0.1) is 5.92 Å². The van der Waals surface area contributed by atoms with Crippen molar-refractivity contribution in [2.24, 2.45) is 11.7 Å². The van der Waals surface area contributed by atoms with Crippen molar-refractivity contribution in [3.63, 3.8) is 0 Å². The van der Waals surface area contributed by atoms with Crippen molar-refractivity contribution in [2.45, 2.75) is 31.8 Å². The molecule has 6 heteroatoms. The van der Waals surface area contributed by atoms with Gasteiger partial charge in [-0.25, -0.2) is 0 Å². The molecule has 152 valence electrons. The first-order valence-electron chi connectivity index (χ1n) is 9.47. The number of methoxy groups -OCH3 is 1. The van der Waals surface area contributed by atoms with Crippen molar-refractivity contribution in [3.8, 4) is 16.9 Å². The van der Waals surface area contributed by atoms with Gasteiger partial charge >= 0.3 is 0 Å². The Morgan fingerprint density at radius 2 is 1.79 bits per heavy atom. The number of nitrogens with two attached hydrogens (primary N) is 1. The zero-order valence-corrected chi connectivity index (χ0v) is 17.2. The molecule has 2 atom stereocenters. The maximum atomic E-state index is 12.5. The summed E-state index contributed by atoms with van der Waals surface area (Å²) in [5, 5.41) is 3.05. The van der Waals surface area contributed by atoms with Gasteiger partial charge in [0.15, 0.2) is 0 Å². The molecule has 0 spiro atoms. The fraction of sp³-hybridized carbons (Fsp3) is 0.409. The van der Waals surface area contributed by atoms with Gasteiger partial charge < -0.3 is 20.5 Å². The molecule has 0 aromatic heterocycles. The van der Waals surface area contributed by atoms with Gasteiger partial charge in [0, 0.05) is 18.8 Å². The van der Waals surface area contributed by atoms with E-state index >= 15 is 0 Å². The average molecular weight is 405 g/mol. The maximum Gasteiger partial charge on any atom is 0.237 e. The summed E-state index contributed by atoms with van der Waals surface area (Å²) < 4.78 is 10.8. The molecule has 3 N–H and O–H groups in total. The minimum atomic E-state index is -0.482. The highest BCUT2D eigenvalue weighted by Crippen LogP contribution is 2.30. The second kappa shape index (κ2) is 10.5. The summed E-state index contributed by atoms with van der Waals surface area (Å²) in [4.78, 5) is 12.5. The lowest BCUT2D eigenvalue weighted by Crippen LogP contribution is -2.47. The topological polar surface area (TPSA) is 73.6 Å². The first-order valence-corrected chi connectivity index (χ1v) is 9.47. The van der Waals surface area contributed by atoms with Gasteiger partial charge in [-0.15, -0.1) is 12.4 Å². The first-order chi connectivity index (χ1) is 13.1. The fourth-order valence-electron chi connectivity index (χ4n) is 3.52. The van der Waals surface area contributed by atoms with Gasteiger partial charge in [0.2, 0.25) is 5.91 Å². The van der Waals surface area contributed by atoms with E-state index in [2.05, 4.69) is 5.32 Å². The Morgan fingerprint density at radius 1 is 1.14 bits per heavy atom. The Balaban J connectivity index is 0.00000280. The van der Waals surface area contributed by atoms with Gasteiger partial charge in [0.1, 0.15) is 5.75 Å². The smallest absolute Gasteiger partial charge is 0.237 e. The minimum Gasteiger partial charge on any atom is -0.496 e. The molecule has 28 heavy (non-hydrogen) atoms. The third-order valence-corrected chi connectivity index (χ3v) is 5.26. The Labute approximate surface area is 173 Å². The zero-order valence-electron chi connectivity index (χ0n) is 16.4. The van der Waals surface area contributed by atoms with Crippen molar-refractivity contribution in [1.82, 2.24) is 5.32 Å². The Bertz CT molecular complexity index is 761. The zero-order chi connectivity index (χ0) is 19.2. The molecule has 2 aromatic carbocycles. The summed E-state index contributed by atoms with van der Waals surface area (Å²) in [7, 11) is 1.67. The minimum absolute atomic E-state index is 0. The lowest BCUT2D eigenvalue weighted by molar-refractivity contribution is -0.125. The molecule has 0 saturated carbocycles. The highest BCUT2D eigenvalue weighted by atomic mass is 35.5. The van der Waals surface area contributed by atoms with E-state index in [1.807, 2.05) is 55.5 Å². The van der Waals surface area contributed by atoms with Crippen LogP contribution >= 0.6 is 12.4 Å². The molecule has 1 amide bonds. The summed E-state index contributed by atoms with van der Waals surface area (Å²) in [6.45, 7) is 3.35. The van der Waals surface area contributed by atoms with Crippen LogP contribution in [-0.2, 0) is 9.53 Å². The van der Waals surface area contributed by atoms with Crippen LogP contribution in [0.5, 0.6) is 5.75 Å². The Hall–Kier alpha value is -2.08. The van der Waals surface area contributed by atoms with Crippen LogP contribution in [0.15, 0.2) is 48.5 Å². The van der Waals surface area contributed by atoms with Crippen molar-refractivity contribution in [1.29, 1.82) is 0 Å². The van der Waals surface area contributed by atoms with E-state index in [-0.39, 0.29) is 30.3 Å². The quantitative estimate of drug-likeness (QED) is 0.769. The second-order valence-corrected chi connectivity index (χ2v) is 7.03. The summed E-state index contributed by atoms with van der Waals surface area (Å²) in [5.41, 5.74) is 9.34. The number of benzene rings is 2. The van der Waals surface area contributed by atoms with E-state index in [1.54, 1.807) is 7.11 Å². The monoisotopic (exact) mass is 404 g/mol. The summed E-state index contributed by atoms with van der Waals surface area (Å²) in [6.07, 6.45) is 1.69. The average Bonchev–Trinajstić information content (AvgIpc) is 2.73. The molecular weight excluding hydrogens is 376 g/mol. The largest absolute Gasteiger partial charge is 0.496 e. The van der Waals surface area contributed by atoms with Gasteiger partial charge in [-0.3, -0.25) is 4.79 Å². The number of nitrogens with one attached hydrogen (secondary N) is 1. The van der Waals surface area contributed by atoms with Gasteiger partial charge in [0.25, 0.3) is 0 Å². The molecule has 1 heterocycles. The number of amides is 1. The van der Waals surface area contributed by atoms with E-state index in [1.165, 1.54) is 0 Å². The SMILES string of the molecule is COc1ccccc1-c1ccc(C(C)NC(=O)C(N)C2CCOCC2)cc1.Cl. The van der Waals surface area contributed by atoms with Crippen LogP contribution in [0.25, 0.3) is 11.1 Å². The molecule has 5 nitrogen and oxygen atoms in total. The predicted octanol–water partition coefficient (Wildman–Crippen LogP) is 3.72. The molecule has 3 rings (SSSR count). The third-order valence-electron chi connectivity index (χ3n) is 5.26. The van der Waals surface area contributed by atoms with Crippen LogP contribution in [-0.4, -0.2) is 32.3 Å². The van der Waals surface area contributed by atoms with Crippen molar-refractivity contribution in [3.05, 3.63) is 54.1 Å². The van der Waals surface area contributed by atoms with Crippen LogP contribution in [0.2, 0.25) is 0 Å². The normalized spacial score (nSPS) is 16.5. The number of rotatable bonds is 6. The number of hydrogen-bond acceptors (Lipinski definition) is 4. The fourth-order valence-corrected chi connectivity index (χ4v) is 3.52. The molecule has 0 bridgehead atoms.